The molecule has 1 atom stereocenters. The molecular weight excluding hydrogens is 174 g/mol. The Hall–Kier alpha value is -0.900. The highest BCUT2D eigenvalue weighted by atomic mass is 32.1. The quantitative estimate of drug-likeness (QED) is 0.766. The van der Waals surface area contributed by atoms with E-state index in [-0.39, 0.29) is 0 Å². The Morgan fingerprint density at radius 2 is 2.17 bits per heavy atom. The molecule has 0 radical (unpaired) electrons. The van der Waals surface area contributed by atoms with Gasteiger partial charge >= 0.3 is 5.97 Å². The van der Waals surface area contributed by atoms with Crippen LogP contribution in [0.1, 0.15) is 28.4 Å². The minimum atomic E-state index is -0.790. The molecule has 0 spiro atoms. The Labute approximate surface area is 75.1 Å². The lowest BCUT2D eigenvalue weighted by Crippen LogP contribution is -2.06. The van der Waals surface area contributed by atoms with Gasteiger partial charge in [-0.2, -0.15) is 0 Å². The molecule has 0 aliphatic heterocycles. The summed E-state index contributed by atoms with van der Waals surface area (Å²) in [5, 5.41) is 9.67. The lowest BCUT2D eigenvalue weighted by Gasteiger charge is -2.02. The van der Waals surface area contributed by atoms with E-state index in [4.69, 9.17) is 5.11 Å². The molecule has 1 unspecified atom stereocenters. The van der Waals surface area contributed by atoms with Crippen LogP contribution < -0.4 is 0 Å². The fraction of sp³-hybridized carbons (Fsp3) is 0.500. The molecule has 1 heterocycles. The monoisotopic (exact) mass is 185 g/mol. The number of hydrogen-bond donors (Lipinski definition) is 1. The maximum Gasteiger partial charge on any atom is 0.311 e. The van der Waals surface area contributed by atoms with Gasteiger partial charge < -0.3 is 5.11 Å². The second kappa shape index (κ2) is 3.23. The van der Waals surface area contributed by atoms with Crippen LogP contribution >= 0.6 is 11.3 Å². The Balaban J connectivity index is 3.02. The highest BCUT2D eigenvalue weighted by Gasteiger charge is 2.18. The first-order valence-electron chi connectivity index (χ1n) is 3.69. The molecule has 12 heavy (non-hydrogen) atoms. The van der Waals surface area contributed by atoms with E-state index >= 15 is 0 Å². The first kappa shape index (κ1) is 9.19. The molecule has 0 saturated carbocycles. The third kappa shape index (κ3) is 1.64. The third-order valence-corrected chi connectivity index (χ3v) is 2.96. The van der Waals surface area contributed by atoms with Gasteiger partial charge in [0.1, 0.15) is 0 Å². The zero-order valence-corrected chi connectivity index (χ0v) is 8.10. The van der Waals surface area contributed by atoms with Gasteiger partial charge in [0.25, 0.3) is 0 Å². The van der Waals surface area contributed by atoms with Gasteiger partial charge in [-0.1, -0.05) is 0 Å². The average molecular weight is 185 g/mol. The molecule has 0 fully saturated rings. The number of carboxylic acid groups (broad SMARTS) is 1. The normalized spacial score (nSPS) is 12.9. The maximum absolute atomic E-state index is 10.6. The average Bonchev–Trinajstić information content (AvgIpc) is 2.28. The van der Waals surface area contributed by atoms with Gasteiger partial charge in [-0.3, -0.25) is 4.79 Å². The predicted molar refractivity (Wildman–Crippen MR) is 47.6 cm³/mol. The van der Waals surface area contributed by atoms with E-state index in [1.54, 1.807) is 6.92 Å². The minimum Gasteiger partial charge on any atom is -0.481 e. The number of aliphatic carboxylic acids is 1. The lowest BCUT2D eigenvalue weighted by molar-refractivity contribution is -0.138. The van der Waals surface area contributed by atoms with E-state index in [1.165, 1.54) is 11.3 Å². The van der Waals surface area contributed by atoms with Crippen molar-refractivity contribution in [2.75, 3.05) is 0 Å². The SMILES string of the molecule is Cc1nc(C)c(C(C)C(=O)O)s1. The molecule has 1 N–H and O–H groups in total. The van der Waals surface area contributed by atoms with Crippen molar-refractivity contribution >= 4 is 17.3 Å². The number of rotatable bonds is 2. The first-order chi connectivity index (χ1) is 5.52. The summed E-state index contributed by atoms with van der Waals surface area (Å²) in [5.41, 5.74) is 0.840. The summed E-state index contributed by atoms with van der Waals surface area (Å²) in [6.45, 7) is 5.41. The standard InChI is InChI=1S/C8H11NO2S/c1-4(8(10)11)7-5(2)9-6(3)12-7/h4H,1-3H3,(H,10,11). The molecule has 0 saturated heterocycles. The van der Waals surface area contributed by atoms with Crippen molar-refractivity contribution in [1.29, 1.82) is 0 Å². The number of carboxylic acids is 1. The smallest absolute Gasteiger partial charge is 0.311 e. The van der Waals surface area contributed by atoms with Crippen molar-refractivity contribution in [1.82, 2.24) is 4.98 Å². The molecule has 0 aliphatic rings. The van der Waals surface area contributed by atoms with Gasteiger partial charge in [0.2, 0.25) is 0 Å². The fourth-order valence-electron chi connectivity index (χ4n) is 1.06. The van der Waals surface area contributed by atoms with Crippen molar-refractivity contribution in [3.05, 3.63) is 15.6 Å². The Morgan fingerprint density at radius 1 is 1.58 bits per heavy atom. The van der Waals surface area contributed by atoms with Gasteiger partial charge in [0.15, 0.2) is 0 Å². The van der Waals surface area contributed by atoms with Gasteiger partial charge in [0, 0.05) is 4.88 Å². The van der Waals surface area contributed by atoms with E-state index in [0.29, 0.717) is 0 Å². The number of nitrogens with zero attached hydrogens (tertiary/aromatic N) is 1. The van der Waals surface area contributed by atoms with E-state index < -0.39 is 11.9 Å². The van der Waals surface area contributed by atoms with Crippen molar-refractivity contribution in [2.24, 2.45) is 0 Å². The summed E-state index contributed by atoms with van der Waals surface area (Å²) in [4.78, 5) is 15.7. The van der Waals surface area contributed by atoms with Crippen molar-refractivity contribution < 1.29 is 9.90 Å². The van der Waals surface area contributed by atoms with Crippen LogP contribution in [0.25, 0.3) is 0 Å². The van der Waals surface area contributed by atoms with Crippen LogP contribution in [0.4, 0.5) is 0 Å². The minimum absolute atomic E-state index is 0.434. The molecule has 0 amide bonds. The van der Waals surface area contributed by atoms with Crippen LogP contribution in [0, 0.1) is 13.8 Å². The second-order valence-corrected chi connectivity index (χ2v) is 3.98. The zero-order valence-electron chi connectivity index (χ0n) is 7.29. The van der Waals surface area contributed by atoms with E-state index in [0.717, 1.165) is 15.6 Å². The summed E-state index contributed by atoms with van der Waals surface area (Å²) < 4.78 is 0. The van der Waals surface area contributed by atoms with Crippen LogP contribution in [0.5, 0.6) is 0 Å². The lowest BCUT2D eigenvalue weighted by atomic mass is 10.1. The Kier molecular flexibility index (Phi) is 2.47. The van der Waals surface area contributed by atoms with Crippen LogP contribution in [0.2, 0.25) is 0 Å². The third-order valence-electron chi connectivity index (χ3n) is 1.70. The summed E-state index contributed by atoms with van der Waals surface area (Å²) in [7, 11) is 0. The summed E-state index contributed by atoms with van der Waals surface area (Å²) >= 11 is 1.46. The molecular formula is C8H11NO2S. The highest BCUT2D eigenvalue weighted by molar-refractivity contribution is 7.11. The topological polar surface area (TPSA) is 50.2 Å². The number of hydrogen-bond acceptors (Lipinski definition) is 3. The molecule has 1 aromatic rings. The second-order valence-electron chi connectivity index (χ2n) is 2.74. The van der Waals surface area contributed by atoms with Gasteiger partial charge in [-0.05, 0) is 20.8 Å². The molecule has 0 aliphatic carbocycles. The van der Waals surface area contributed by atoms with Crippen molar-refractivity contribution in [3.63, 3.8) is 0 Å². The first-order valence-corrected chi connectivity index (χ1v) is 4.50. The number of carbonyl (C=O) groups is 1. The molecule has 1 rings (SSSR count). The molecule has 3 nitrogen and oxygen atoms in total. The summed E-state index contributed by atoms with van der Waals surface area (Å²) in [6, 6.07) is 0. The van der Waals surface area contributed by atoms with Crippen molar-refractivity contribution in [2.45, 2.75) is 26.7 Å². The van der Waals surface area contributed by atoms with Crippen LogP contribution in [0.15, 0.2) is 0 Å². The fourth-order valence-corrected chi connectivity index (χ4v) is 2.03. The summed E-state index contributed by atoms with van der Waals surface area (Å²) in [5.74, 6) is -1.22. The van der Waals surface area contributed by atoms with E-state index in [2.05, 4.69) is 4.98 Å². The predicted octanol–water partition coefficient (Wildman–Crippen LogP) is 1.95. The summed E-state index contributed by atoms with van der Waals surface area (Å²) in [6.07, 6.45) is 0. The Morgan fingerprint density at radius 3 is 2.50 bits per heavy atom. The Bertz CT molecular complexity index is 306. The molecule has 4 heteroatoms. The molecule has 1 aromatic heterocycles. The number of thiazole rings is 1. The van der Waals surface area contributed by atoms with Crippen LogP contribution in [-0.4, -0.2) is 16.1 Å². The number of aromatic nitrogens is 1. The van der Waals surface area contributed by atoms with E-state index in [1.807, 2.05) is 13.8 Å². The zero-order chi connectivity index (χ0) is 9.30. The van der Waals surface area contributed by atoms with Crippen molar-refractivity contribution in [3.8, 4) is 0 Å². The highest BCUT2D eigenvalue weighted by Crippen LogP contribution is 2.25. The van der Waals surface area contributed by atoms with Gasteiger partial charge in [-0.15, -0.1) is 11.3 Å². The van der Waals surface area contributed by atoms with Gasteiger partial charge in [0.05, 0.1) is 16.6 Å². The molecule has 66 valence electrons. The molecule has 0 aromatic carbocycles. The van der Waals surface area contributed by atoms with Gasteiger partial charge in [-0.25, -0.2) is 4.98 Å². The number of aryl methyl sites for hydroxylation is 2. The van der Waals surface area contributed by atoms with Crippen LogP contribution in [0.3, 0.4) is 0 Å². The largest absolute Gasteiger partial charge is 0.481 e. The van der Waals surface area contributed by atoms with E-state index in [9.17, 15) is 4.79 Å². The molecule has 0 bridgehead atoms. The van der Waals surface area contributed by atoms with Crippen LogP contribution in [-0.2, 0) is 4.79 Å². The maximum atomic E-state index is 10.6.